The predicted octanol–water partition coefficient (Wildman–Crippen LogP) is 2.10. The van der Waals surface area contributed by atoms with Crippen LogP contribution in [0.2, 0.25) is 0 Å². The maximum Gasteiger partial charge on any atom is 0.253 e. The van der Waals surface area contributed by atoms with Crippen LogP contribution in [0.1, 0.15) is 32.6 Å². The predicted molar refractivity (Wildman–Crippen MR) is 58.4 cm³/mol. The first-order valence-corrected chi connectivity index (χ1v) is 5.83. The molecule has 1 rings (SSSR count). The summed E-state index contributed by atoms with van der Waals surface area (Å²) in [5.41, 5.74) is 0. The number of rotatable bonds is 6. The van der Waals surface area contributed by atoms with Crippen molar-refractivity contribution in [3.05, 3.63) is 0 Å². The summed E-state index contributed by atoms with van der Waals surface area (Å²) in [5.74, 6) is 0. The van der Waals surface area contributed by atoms with Gasteiger partial charge in [0.1, 0.15) is 0 Å². The highest BCUT2D eigenvalue weighted by atomic mass is 19.3. The highest BCUT2D eigenvalue weighted by Crippen LogP contribution is 2.21. The van der Waals surface area contributed by atoms with Gasteiger partial charge in [0.2, 0.25) is 0 Å². The number of nitrogens with one attached hydrogen (secondary N) is 1. The molecule has 90 valence electrons. The van der Waals surface area contributed by atoms with E-state index in [1.165, 1.54) is 32.6 Å². The molecule has 15 heavy (non-hydrogen) atoms. The third-order valence-electron chi connectivity index (χ3n) is 3.26. The highest BCUT2D eigenvalue weighted by molar-refractivity contribution is 4.76. The first kappa shape index (κ1) is 12.8. The van der Waals surface area contributed by atoms with Gasteiger partial charge in [-0.2, -0.15) is 0 Å². The van der Waals surface area contributed by atoms with Crippen molar-refractivity contribution in [3.63, 3.8) is 0 Å². The molecular formula is C11H22F2N2. The summed E-state index contributed by atoms with van der Waals surface area (Å²) < 4.78 is 24.4. The zero-order chi connectivity index (χ0) is 11.3. The van der Waals surface area contributed by atoms with Crippen LogP contribution in [-0.4, -0.2) is 43.5 Å². The smallest absolute Gasteiger partial charge is 0.253 e. The summed E-state index contributed by atoms with van der Waals surface area (Å²) >= 11 is 0. The molecule has 4 heteroatoms. The Bertz CT molecular complexity index is 170. The fourth-order valence-electron chi connectivity index (χ4n) is 2.09. The Morgan fingerprint density at radius 1 is 1.33 bits per heavy atom. The zero-order valence-corrected chi connectivity index (χ0v) is 9.68. The standard InChI is InChI=1S/C11H22F2N2/c1-9(11(12)13)14-7-8-15(2)10-5-3-4-6-10/h9-11,14H,3-8H2,1-2H3. The third-order valence-corrected chi connectivity index (χ3v) is 3.26. The zero-order valence-electron chi connectivity index (χ0n) is 9.68. The van der Waals surface area contributed by atoms with Gasteiger partial charge in [0, 0.05) is 19.1 Å². The summed E-state index contributed by atoms with van der Waals surface area (Å²) in [7, 11) is 2.09. The second kappa shape index (κ2) is 6.38. The molecular weight excluding hydrogens is 198 g/mol. The van der Waals surface area contributed by atoms with E-state index in [0.717, 1.165) is 6.54 Å². The molecule has 1 atom stereocenters. The van der Waals surface area contributed by atoms with Crippen LogP contribution < -0.4 is 5.32 Å². The fraction of sp³-hybridized carbons (Fsp3) is 1.00. The van der Waals surface area contributed by atoms with Crippen molar-refractivity contribution in [2.24, 2.45) is 0 Å². The highest BCUT2D eigenvalue weighted by Gasteiger charge is 2.19. The molecule has 1 fully saturated rings. The minimum Gasteiger partial charge on any atom is -0.308 e. The Hall–Kier alpha value is -0.220. The minimum atomic E-state index is -2.26. The molecule has 0 amide bonds. The number of alkyl halides is 2. The van der Waals surface area contributed by atoms with E-state index in [2.05, 4.69) is 17.3 Å². The largest absolute Gasteiger partial charge is 0.308 e. The van der Waals surface area contributed by atoms with Crippen molar-refractivity contribution in [3.8, 4) is 0 Å². The molecule has 1 aliphatic rings. The third kappa shape index (κ3) is 4.43. The van der Waals surface area contributed by atoms with Gasteiger partial charge in [-0.15, -0.1) is 0 Å². The molecule has 0 aromatic rings. The van der Waals surface area contributed by atoms with Crippen LogP contribution >= 0.6 is 0 Å². The van der Waals surface area contributed by atoms with Gasteiger partial charge in [0.15, 0.2) is 0 Å². The van der Waals surface area contributed by atoms with Crippen LogP contribution in [0.5, 0.6) is 0 Å². The topological polar surface area (TPSA) is 15.3 Å². The molecule has 1 saturated carbocycles. The van der Waals surface area contributed by atoms with Crippen LogP contribution in [0.3, 0.4) is 0 Å². The Morgan fingerprint density at radius 2 is 1.93 bits per heavy atom. The first-order chi connectivity index (χ1) is 7.11. The van der Waals surface area contributed by atoms with Gasteiger partial charge in [-0.25, -0.2) is 8.78 Å². The SMILES string of the molecule is CC(NCCN(C)C1CCCC1)C(F)F. The number of hydrogen-bond donors (Lipinski definition) is 1. The van der Waals surface area contributed by atoms with Gasteiger partial charge in [0.25, 0.3) is 6.43 Å². The lowest BCUT2D eigenvalue weighted by Crippen LogP contribution is -2.40. The summed E-state index contributed by atoms with van der Waals surface area (Å²) in [5, 5.41) is 2.84. The van der Waals surface area contributed by atoms with Gasteiger partial charge in [-0.3, -0.25) is 0 Å². The Balaban J connectivity index is 2.08. The second-order valence-corrected chi connectivity index (χ2v) is 4.50. The van der Waals surface area contributed by atoms with Crippen molar-refractivity contribution in [1.29, 1.82) is 0 Å². The van der Waals surface area contributed by atoms with Crippen LogP contribution in [-0.2, 0) is 0 Å². The summed E-state index contributed by atoms with van der Waals surface area (Å²) in [6.07, 6.45) is 2.90. The maximum absolute atomic E-state index is 12.2. The van der Waals surface area contributed by atoms with Gasteiger partial charge in [-0.1, -0.05) is 12.8 Å². The van der Waals surface area contributed by atoms with Crippen LogP contribution in [0.25, 0.3) is 0 Å². The van der Waals surface area contributed by atoms with Gasteiger partial charge < -0.3 is 10.2 Å². The number of likely N-dealkylation sites (N-methyl/N-ethyl adjacent to an activating group) is 1. The van der Waals surface area contributed by atoms with Crippen molar-refractivity contribution in [2.75, 3.05) is 20.1 Å². The molecule has 1 unspecified atom stereocenters. The van der Waals surface area contributed by atoms with E-state index in [4.69, 9.17) is 0 Å². The lowest BCUT2D eigenvalue weighted by Gasteiger charge is -2.24. The molecule has 0 aromatic carbocycles. The van der Waals surface area contributed by atoms with E-state index in [1.807, 2.05) is 0 Å². The van der Waals surface area contributed by atoms with Gasteiger partial charge in [0.05, 0.1) is 6.04 Å². The van der Waals surface area contributed by atoms with Crippen LogP contribution in [0, 0.1) is 0 Å². The monoisotopic (exact) mass is 220 g/mol. The van der Waals surface area contributed by atoms with Crippen molar-refractivity contribution in [1.82, 2.24) is 10.2 Å². The molecule has 0 radical (unpaired) electrons. The molecule has 1 aliphatic carbocycles. The summed E-state index contributed by atoms with van der Waals surface area (Å²) in [4.78, 5) is 2.29. The van der Waals surface area contributed by atoms with Crippen molar-refractivity contribution >= 4 is 0 Å². The average Bonchev–Trinajstić information content (AvgIpc) is 2.70. The first-order valence-electron chi connectivity index (χ1n) is 5.83. The molecule has 0 spiro atoms. The minimum absolute atomic E-state index is 0.651. The van der Waals surface area contributed by atoms with Crippen LogP contribution in [0.15, 0.2) is 0 Å². The van der Waals surface area contributed by atoms with E-state index < -0.39 is 12.5 Å². The molecule has 2 nitrogen and oxygen atoms in total. The molecule has 0 aliphatic heterocycles. The normalized spacial score (nSPS) is 20.4. The van der Waals surface area contributed by atoms with Crippen molar-refractivity contribution in [2.45, 2.75) is 51.1 Å². The van der Waals surface area contributed by atoms with E-state index in [0.29, 0.717) is 12.6 Å². The lowest BCUT2D eigenvalue weighted by atomic mass is 10.2. The fourth-order valence-corrected chi connectivity index (χ4v) is 2.09. The Kier molecular flexibility index (Phi) is 5.47. The van der Waals surface area contributed by atoms with E-state index in [9.17, 15) is 8.78 Å². The Morgan fingerprint density at radius 3 is 2.47 bits per heavy atom. The summed E-state index contributed by atoms with van der Waals surface area (Å²) in [6.45, 7) is 3.04. The number of halogens is 2. The summed E-state index contributed by atoms with van der Waals surface area (Å²) in [6, 6.07) is -0.0179. The second-order valence-electron chi connectivity index (χ2n) is 4.50. The van der Waals surface area contributed by atoms with Crippen LogP contribution in [0.4, 0.5) is 8.78 Å². The maximum atomic E-state index is 12.2. The van der Waals surface area contributed by atoms with Gasteiger partial charge >= 0.3 is 0 Å². The van der Waals surface area contributed by atoms with Crippen molar-refractivity contribution < 1.29 is 8.78 Å². The van der Waals surface area contributed by atoms with E-state index >= 15 is 0 Å². The molecule has 0 saturated heterocycles. The number of nitrogens with zero attached hydrogens (tertiary/aromatic N) is 1. The Labute approximate surface area is 91.0 Å². The van der Waals surface area contributed by atoms with E-state index in [1.54, 1.807) is 0 Å². The molecule has 0 aromatic heterocycles. The number of hydrogen-bond acceptors (Lipinski definition) is 2. The lowest BCUT2D eigenvalue weighted by molar-refractivity contribution is 0.104. The quantitative estimate of drug-likeness (QED) is 0.737. The van der Waals surface area contributed by atoms with E-state index in [-0.39, 0.29) is 0 Å². The average molecular weight is 220 g/mol. The molecule has 0 heterocycles. The molecule has 1 N–H and O–H groups in total. The van der Waals surface area contributed by atoms with Gasteiger partial charge in [-0.05, 0) is 26.8 Å². The molecule has 0 bridgehead atoms.